The molecule has 0 saturated carbocycles. The molecule has 12 heavy (non-hydrogen) atoms. The number of hydrogen-bond donors (Lipinski definition) is 0. The lowest BCUT2D eigenvalue weighted by Crippen LogP contribution is -2.00. The minimum Gasteiger partial charge on any atom is -0.160 e. The molecule has 0 fully saturated rings. The molecule has 66 valence electrons. The van der Waals surface area contributed by atoms with Gasteiger partial charge < -0.3 is 0 Å². The Balaban J connectivity index is 2.71. The zero-order valence-electron chi connectivity index (χ0n) is 5.47. The summed E-state index contributed by atoms with van der Waals surface area (Å²) >= 11 is 5.00. The maximum Gasteiger partial charge on any atom is 0.447 e. The molecule has 7 heteroatoms. The van der Waals surface area contributed by atoms with Crippen LogP contribution in [0.1, 0.15) is 0 Å². The Morgan fingerprint density at radius 2 is 1.92 bits per heavy atom. The summed E-state index contributed by atoms with van der Waals surface area (Å²) in [7, 11) is 0. The van der Waals surface area contributed by atoms with Crippen LogP contribution in [-0.2, 0) is 0 Å². The van der Waals surface area contributed by atoms with Crippen molar-refractivity contribution < 1.29 is 13.2 Å². The van der Waals surface area contributed by atoms with Gasteiger partial charge in [-0.15, -0.1) is 10.2 Å². The molecule has 0 atom stereocenters. The average Bonchev–Trinajstić information content (AvgIpc) is 1.91. The summed E-state index contributed by atoms with van der Waals surface area (Å²) in [5.74, 6) is 0. The van der Waals surface area contributed by atoms with E-state index in [1.807, 2.05) is 0 Å². The molecule has 0 aliphatic carbocycles. The van der Waals surface area contributed by atoms with Gasteiger partial charge in [0.05, 0.1) is 0 Å². The molecule has 0 aromatic carbocycles. The second-order valence-corrected chi connectivity index (χ2v) is 3.21. The molecule has 0 aliphatic heterocycles. The Labute approximate surface area is 75.1 Å². The number of nitrogens with zero attached hydrogens (tertiary/aromatic N) is 2. The lowest BCUT2D eigenvalue weighted by atomic mass is 10.6. The fourth-order valence-electron chi connectivity index (χ4n) is 0.477. The first-order chi connectivity index (χ1) is 5.47. The van der Waals surface area contributed by atoms with E-state index in [-0.39, 0.29) is 21.9 Å². The number of halogens is 4. The van der Waals surface area contributed by atoms with E-state index in [1.54, 1.807) is 0 Å². The third kappa shape index (κ3) is 3.27. The molecule has 0 spiro atoms. The topological polar surface area (TPSA) is 25.8 Å². The van der Waals surface area contributed by atoms with Gasteiger partial charge in [-0.1, -0.05) is 11.6 Å². The van der Waals surface area contributed by atoms with E-state index in [4.69, 9.17) is 11.6 Å². The molecule has 0 aliphatic rings. The van der Waals surface area contributed by atoms with Crippen LogP contribution in [0.25, 0.3) is 0 Å². The van der Waals surface area contributed by atoms with Crippen molar-refractivity contribution in [2.75, 3.05) is 0 Å². The predicted molar refractivity (Wildman–Crippen MR) is 39.0 cm³/mol. The van der Waals surface area contributed by atoms with Gasteiger partial charge in [0.25, 0.3) is 0 Å². The molecule has 0 bridgehead atoms. The Morgan fingerprint density at radius 1 is 1.25 bits per heavy atom. The largest absolute Gasteiger partial charge is 0.447 e. The van der Waals surface area contributed by atoms with Crippen LogP contribution in [0.4, 0.5) is 13.2 Å². The van der Waals surface area contributed by atoms with E-state index < -0.39 is 5.51 Å². The van der Waals surface area contributed by atoms with Crippen molar-refractivity contribution in [2.45, 2.75) is 10.5 Å². The number of alkyl halides is 3. The molecule has 0 saturated heterocycles. The van der Waals surface area contributed by atoms with E-state index in [9.17, 15) is 13.2 Å². The zero-order valence-corrected chi connectivity index (χ0v) is 7.04. The highest BCUT2D eigenvalue weighted by molar-refractivity contribution is 8.00. The van der Waals surface area contributed by atoms with Gasteiger partial charge in [0.15, 0.2) is 5.15 Å². The average molecular weight is 215 g/mol. The molecule has 1 heterocycles. The number of rotatable bonds is 1. The van der Waals surface area contributed by atoms with Gasteiger partial charge in [0.2, 0.25) is 0 Å². The fourth-order valence-corrected chi connectivity index (χ4v) is 1.03. The number of hydrogen-bond acceptors (Lipinski definition) is 3. The van der Waals surface area contributed by atoms with Crippen molar-refractivity contribution in [1.82, 2.24) is 10.2 Å². The van der Waals surface area contributed by atoms with Gasteiger partial charge in [0.1, 0.15) is 5.03 Å². The summed E-state index contributed by atoms with van der Waals surface area (Å²) in [4.78, 5) is 0. The number of thioether (sulfide) groups is 1. The highest BCUT2D eigenvalue weighted by Gasteiger charge is 2.30. The first-order valence-corrected chi connectivity index (χ1v) is 3.92. The molecule has 0 unspecified atom stereocenters. The highest BCUT2D eigenvalue weighted by Crippen LogP contribution is 2.35. The minimum absolute atomic E-state index is 0.0709. The smallest absolute Gasteiger partial charge is 0.160 e. The van der Waals surface area contributed by atoms with Crippen LogP contribution in [-0.4, -0.2) is 15.7 Å². The molecular formula is C5H2ClF3N2S. The molecular weight excluding hydrogens is 213 g/mol. The van der Waals surface area contributed by atoms with Crippen LogP contribution in [0, 0.1) is 0 Å². The van der Waals surface area contributed by atoms with Crippen LogP contribution in [0.2, 0.25) is 5.15 Å². The highest BCUT2D eigenvalue weighted by atomic mass is 35.5. The summed E-state index contributed by atoms with van der Waals surface area (Å²) in [6.45, 7) is 0. The fraction of sp³-hybridized carbons (Fsp3) is 0.200. The number of aromatic nitrogens is 2. The van der Waals surface area contributed by atoms with E-state index in [2.05, 4.69) is 10.2 Å². The summed E-state index contributed by atoms with van der Waals surface area (Å²) in [5.41, 5.74) is -4.33. The Bertz CT molecular complexity index is 260. The lowest BCUT2D eigenvalue weighted by Gasteiger charge is -2.02. The molecule has 1 aromatic rings. The third-order valence-electron chi connectivity index (χ3n) is 0.828. The summed E-state index contributed by atoms with van der Waals surface area (Å²) in [5, 5.41) is 6.34. The van der Waals surface area contributed by atoms with Gasteiger partial charge in [0, 0.05) is 11.8 Å². The van der Waals surface area contributed by atoms with Gasteiger partial charge in [-0.25, -0.2) is 0 Å². The molecule has 0 N–H and O–H groups in total. The molecule has 0 radical (unpaired) electrons. The maximum absolute atomic E-state index is 11.7. The second kappa shape index (κ2) is 3.49. The minimum atomic E-state index is -4.33. The monoisotopic (exact) mass is 214 g/mol. The Hall–Kier alpha value is -0.490. The first-order valence-electron chi connectivity index (χ1n) is 2.72. The predicted octanol–water partition coefficient (Wildman–Crippen LogP) is 2.74. The second-order valence-electron chi connectivity index (χ2n) is 1.74. The van der Waals surface area contributed by atoms with E-state index >= 15 is 0 Å². The standard InChI is InChI=1S/C5H2ClF3N2S/c6-3-1-2-4(11-10-3)12-5(7,8)9/h1-2H. The molecule has 1 aromatic heterocycles. The maximum atomic E-state index is 11.7. The van der Waals surface area contributed by atoms with Crippen molar-refractivity contribution in [2.24, 2.45) is 0 Å². The van der Waals surface area contributed by atoms with Crippen molar-refractivity contribution in [3.05, 3.63) is 17.3 Å². The van der Waals surface area contributed by atoms with E-state index in [0.29, 0.717) is 0 Å². The zero-order chi connectivity index (χ0) is 9.19. The van der Waals surface area contributed by atoms with Crippen LogP contribution >= 0.6 is 23.4 Å². The summed E-state index contributed by atoms with van der Waals surface area (Å²) in [6, 6.07) is 2.41. The van der Waals surface area contributed by atoms with Crippen LogP contribution < -0.4 is 0 Å². The Morgan fingerprint density at radius 3 is 2.33 bits per heavy atom. The van der Waals surface area contributed by atoms with Crippen LogP contribution in [0.5, 0.6) is 0 Å². The van der Waals surface area contributed by atoms with Crippen molar-refractivity contribution in [3.63, 3.8) is 0 Å². The van der Waals surface area contributed by atoms with Crippen molar-refractivity contribution >= 4 is 23.4 Å². The third-order valence-corrected chi connectivity index (χ3v) is 1.69. The van der Waals surface area contributed by atoms with Gasteiger partial charge >= 0.3 is 5.51 Å². The van der Waals surface area contributed by atoms with Crippen molar-refractivity contribution in [1.29, 1.82) is 0 Å². The SMILES string of the molecule is FC(F)(F)Sc1ccc(Cl)nn1. The first kappa shape index (κ1) is 9.60. The summed E-state index contributed by atoms with van der Waals surface area (Å²) in [6.07, 6.45) is 0. The van der Waals surface area contributed by atoms with Crippen LogP contribution in [0.3, 0.4) is 0 Å². The quantitative estimate of drug-likeness (QED) is 0.673. The molecule has 2 nitrogen and oxygen atoms in total. The molecule has 0 amide bonds. The van der Waals surface area contributed by atoms with Crippen molar-refractivity contribution in [3.8, 4) is 0 Å². The lowest BCUT2D eigenvalue weighted by molar-refractivity contribution is -0.0329. The van der Waals surface area contributed by atoms with Crippen LogP contribution in [0.15, 0.2) is 17.2 Å². The van der Waals surface area contributed by atoms with Gasteiger partial charge in [-0.2, -0.15) is 13.2 Å². The van der Waals surface area contributed by atoms with Gasteiger partial charge in [-0.05, 0) is 12.1 Å². The summed E-state index contributed by atoms with van der Waals surface area (Å²) < 4.78 is 35.1. The Kier molecular flexibility index (Phi) is 2.79. The normalized spacial score (nSPS) is 11.7. The van der Waals surface area contributed by atoms with E-state index in [0.717, 1.165) is 6.07 Å². The molecule has 1 rings (SSSR count). The van der Waals surface area contributed by atoms with Gasteiger partial charge in [-0.3, -0.25) is 0 Å². The van der Waals surface area contributed by atoms with E-state index in [1.165, 1.54) is 6.07 Å².